The summed E-state index contributed by atoms with van der Waals surface area (Å²) in [6.45, 7) is 4.37. The molecule has 3 aromatic rings. The summed E-state index contributed by atoms with van der Waals surface area (Å²) in [5.41, 5.74) is 3.70. The summed E-state index contributed by atoms with van der Waals surface area (Å²) in [6.07, 6.45) is 0.517. The highest BCUT2D eigenvalue weighted by atomic mass is 16.5. The van der Waals surface area contributed by atoms with Crippen molar-refractivity contribution in [3.63, 3.8) is 0 Å². The van der Waals surface area contributed by atoms with Crippen molar-refractivity contribution in [2.24, 2.45) is 10.2 Å². The van der Waals surface area contributed by atoms with Crippen LogP contribution in [0.25, 0.3) is 10.8 Å². The second-order valence-corrected chi connectivity index (χ2v) is 6.47. The molecule has 1 N–H and O–H groups in total. The van der Waals surface area contributed by atoms with Crippen LogP contribution in [0.2, 0.25) is 0 Å². The number of aliphatic carboxylic acids is 1. The minimum atomic E-state index is -0.827. The van der Waals surface area contributed by atoms with Crippen molar-refractivity contribution < 1.29 is 14.6 Å². The van der Waals surface area contributed by atoms with Crippen LogP contribution in [0.3, 0.4) is 0 Å². The maximum atomic E-state index is 10.7. The van der Waals surface area contributed by atoms with E-state index in [1.165, 1.54) is 5.56 Å². The topological polar surface area (TPSA) is 71.2 Å². The fourth-order valence-electron chi connectivity index (χ4n) is 2.88. The number of rotatable bonds is 7. The third kappa shape index (κ3) is 4.70. The number of carboxylic acid groups (broad SMARTS) is 1. The molecule has 0 fully saturated rings. The van der Waals surface area contributed by atoms with Crippen LogP contribution in [-0.4, -0.2) is 17.7 Å². The van der Waals surface area contributed by atoms with Gasteiger partial charge in [0, 0.05) is 11.8 Å². The minimum absolute atomic E-state index is 0.0764. The summed E-state index contributed by atoms with van der Waals surface area (Å²) in [7, 11) is 0. The number of nitrogens with zero attached hydrogens (tertiary/aromatic N) is 2. The van der Waals surface area contributed by atoms with E-state index < -0.39 is 5.97 Å². The molecule has 0 aromatic heterocycles. The first-order valence-corrected chi connectivity index (χ1v) is 8.90. The molecule has 0 heterocycles. The number of carboxylic acids is 1. The van der Waals surface area contributed by atoms with E-state index in [-0.39, 0.29) is 6.42 Å². The number of hydrogen-bond donors (Lipinski definition) is 1. The van der Waals surface area contributed by atoms with Gasteiger partial charge in [0.05, 0.1) is 12.3 Å². The zero-order valence-corrected chi connectivity index (χ0v) is 15.5. The monoisotopic (exact) mass is 362 g/mol. The van der Waals surface area contributed by atoms with Crippen LogP contribution in [0, 0.1) is 13.8 Å². The van der Waals surface area contributed by atoms with Gasteiger partial charge in [0.1, 0.15) is 11.4 Å². The zero-order valence-electron chi connectivity index (χ0n) is 15.5. The number of carbonyl (C=O) groups is 1. The third-order valence-corrected chi connectivity index (χ3v) is 4.27. The van der Waals surface area contributed by atoms with Gasteiger partial charge < -0.3 is 9.84 Å². The van der Waals surface area contributed by atoms with Crippen molar-refractivity contribution in [1.82, 2.24) is 0 Å². The molecule has 0 unspecified atom stereocenters. The Morgan fingerprint density at radius 3 is 2.63 bits per heavy atom. The first kappa shape index (κ1) is 18.6. The van der Waals surface area contributed by atoms with E-state index in [1.807, 2.05) is 62.4 Å². The quantitative estimate of drug-likeness (QED) is 0.407. The summed E-state index contributed by atoms with van der Waals surface area (Å²) in [5, 5.41) is 19.7. The van der Waals surface area contributed by atoms with E-state index in [0.29, 0.717) is 24.5 Å². The molecule has 3 aromatic carbocycles. The van der Waals surface area contributed by atoms with Gasteiger partial charge in [-0.3, -0.25) is 4.79 Å². The summed E-state index contributed by atoms with van der Waals surface area (Å²) in [6, 6.07) is 17.8. The van der Waals surface area contributed by atoms with E-state index in [2.05, 4.69) is 16.3 Å². The molecule has 0 radical (unpaired) electrons. The standard InChI is InChI=1S/C22H22N2O3/c1-15-9-11-19(16(2)14-15)23-24-22-18-7-4-3-6-17(18)10-12-20(22)27-13-5-8-21(25)26/h3-4,6-7,9-12,14H,5,8,13H2,1-2H3,(H,25,26). The smallest absolute Gasteiger partial charge is 0.303 e. The van der Waals surface area contributed by atoms with Crippen molar-refractivity contribution in [2.75, 3.05) is 6.61 Å². The predicted octanol–water partition coefficient (Wildman–Crippen LogP) is 6.12. The van der Waals surface area contributed by atoms with Gasteiger partial charge >= 0.3 is 5.97 Å². The molecule has 0 aliphatic heterocycles. The second-order valence-electron chi connectivity index (χ2n) is 6.47. The molecule has 0 aliphatic carbocycles. The van der Waals surface area contributed by atoms with Gasteiger partial charge in [0.25, 0.3) is 0 Å². The number of hydrogen-bond acceptors (Lipinski definition) is 4. The van der Waals surface area contributed by atoms with E-state index in [1.54, 1.807) is 0 Å². The maximum absolute atomic E-state index is 10.7. The Morgan fingerprint density at radius 2 is 1.85 bits per heavy atom. The van der Waals surface area contributed by atoms with Gasteiger partial charge in [-0.05, 0) is 43.4 Å². The molecule has 138 valence electrons. The van der Waals surface area contributed by atoms with Crippen LogP contribution in [0.4, 0.5) is 11.4 Å². The van der Waals surface area contributed by atoms with E-state index in [9.17, 15) is 4.79 Å². The van der Waals surface area contributed by atoms with E-state index in [4.69, 9.17) is 9.84 Å². The number of ether oxygens (including phenoxy) is 1. The van der Waals surface area contributed by atoms with Crippen molar-refractivity contribution in [2.45, 2.75) is 26.7 Å². The van der Waals surface area contributed by atoms with Crippen molar-refractivity contribution in [1.29, 1.82) is 0 Å². The SMILES string of the molecule is Cc1ccc(N=Nc2c(OCCCC(=O)O)ccc3ccccc23)c(C)c1. The zero-order chi connectivity index (χ0) is 19.2. The fraction of sp³-hybridized carbons (Fsp3) is 0.227. The summed E-state index contributed by atoms with van der Waals surface area (Å²) in [4.78, 5) is 10.7. The van der Waals surface area contributed by atoms with Crippen molar-refractivity contribution in [3.8, 4) is 5.75 Å². The molecular formula is C22H22N2O3. The summed E-state index contributed by atoms with van der Waals surface area (Å²) in [5.74, 6) is -0.223. The Morgan fingerprint density at radius 1 is 1.04 bits per heavy atom. The molecule has 5 nitrogen and oxygen atoms in total. The first-order chi connectivity index (χ1) is 13.0. The largest absolute Gasteiger partial charge is 0.491 e. The minimum Gasteiger partial charge on any atom is -0.491 e. The molecule has 5 heteroatoms. The molecule has 0 atom stereocenters. The highest BCUT2D eigenvalue weighted by Gasteiger charge is 2.09. The average molecular weight is 362 g/mol. The second kappa shape index (κ2) is 8.45. The third-order valence-electron chi connectivity index (χ3n) is 4.27. The molecule has 3 rings (SSSR count). The van der Waals surface area contributed by atoms with Crippen LogP contribution < -0.4 is 4.74 Å². The number of aryl methyl sites for hydroxylation is 2. The lowest BCUT2D eigenvalue weighted by molar-refractivity contribution is -0.137. The van der Waals surface area contributed by atoms with Gasteiger partial charge in [-0.15, -0.1) is 5.11 Å². The summed E-state index contributed by atoms with van der Waals surface area (Å²) >= 11 is 0. The molecule has 0 saturated carbocycles. The van der Waals surface area contributed by atoms with Gasteiger partial charge in [-0.2, -0.15) is 5.11 Å². The van der Waals surface area contributed by atoms with Gasteiger partial charge in [-0.1, -0.05) is 48.0 Å². The molecule has 27 heavy (non-hydrogen) atoms. The van der Waals surface area contributed by atoms with E-state index in [0.717, 1.165) is 22.0 Å². The molecular weight excluding hydrogens is 340 g/mol. The lowest BCUT2D eigenvalue weighted by Gasteiger charge is -2.10. The molecule has 0 bridgehead atoms. The Hall–Kier alpha value is -3.21. The van der Waals surface area contributed by atoms with Crippen LogP contribution in [0.5, 0.6) is 5.75 Å². The highest BCUT2D eigenvalue weighted by molar-refractivity contribution is 5.95. The van der Waals surface area contributed by atoms with Crippen molar-refractivity contribution >= 4 is 28.1 Å². The lowest BCUT2D eigenvalue weighted by Crippen LogP contribution is -2.02. The van der Waals surface area contributed by atoms with Gasteiger partial charge in [0.2, 0.25) is 0 Å². The lowest BCUT2D eigenvalue weighted by atomic mass is 10.1. The van der Waals surface area contributed by atoms with Crippen LogP contribution >= 0.6 is 0 Å². The van der Waals surface area contributed by atoms with Crippen LogP contribution in [-0.2, 0) is 4.79 Å². The number of azo groups is 1. The molecule has 0 aliphatic rings. The Kier molecular flexibility index (Phi) is 5.81. The summed E-state index contributed by atoms with van der Waals surface area (Å²) < 4.78 is 5.82. The fourth-order valence-corrected chi connectivity index (χ4v) is 2.88. The Bertz CT molecular complexity index is 996. The van der Waals surface area contributed by atoms with Gasteiger partial charge in [0.15, 0.2) is 0 Å². The van der Waals surface area contributed by atoms with Crippen molar-refractivity contribution in [3.05, 3.63) is 65.7 Å². The number of benzene rings is 3. The Labute approximate surface area is 158 Å². The van der Waals surface area contributed by atoms with E-state index >= 15 is 0 Å². The van der Waals surface area contributed by atoms with Crippen LogP contribution in [0.1, 0.15) is 24.0 Å². The van der Waals surface area contributed by atoms with Gasteiger partial charge in [-0.25, -0.2) is 0 Å². The normalized spacial score (nSPS) is 11.2. The predicted molar refractivity (Wildman–Crippen MR) is 106 cm³/mol. The first-order valence-electron chi connectivity index (χ1n) is 8.90. The highest BCUT2D eigenvalue weighted by Crippen LogP contribution is 2.37. The molecule has 0 amide bonds. The number of fused-ring (bicyclic) bond motifs is 1. The molecule has 0 saturated heterocycles. The molecule has 0 spiro atoms. The van der Waals surface area contributed by atoms with Crippen LogP contribution in [0.15, 0.2) is 64.8 Å². The maximum Gasteiger partial charge on any atom is 0.303 e. The Balaban J connectivity index is 1.93. The average Bonchev–Trinajstić information content (AvgIpc) is 2.65.